The second kappa shape index (κ2) is 6.70. The fourth-order valence-corrected chi connectivity index (χ4v) is 3.75. The quantitative estimate of drug-likeness (QED) is 0.910. The summed E-state index contributed by atoms with van der Waals surface area (Å²) in [6.07, 6.45) is 1.87. The van der Waals surface area contributed by atoms with E-state index in [2.05, 4.69) is 10.2 Å². The molecule has 1 aromatic carbocycles. The van der Waals surface area contributed by atoms with Crippen molar-refractivity contribution in [1.29, 1.82) is 0 Å². The molecule has 3 aliphatic rings. The monoisotopic (exact) mass is 331 g/mol. The van der Waals surface area contributed by atoms with Gasteiger partial charge in [-0.1, -0.05) is 30.3 Å². The maximum Gasteiger partial charge on any atom is 0.317 e. The number of ether oxygens (including phenoxy) is 2. The molecule has 2 amide bonds. The van der Waals surface area contributed by atoms with Crippen LogP contribution in [0.4, 0.5) is 4.79 Å². The third-order valence-corrected chi connectivity index (χ3v) is 5.33. The van der Waals surface area contributed by atoms with Gasteiger partial charge in [0.1, 0.15) is 0 Å². The summed E-state index contributed by atoms with van der Waals surface area (Å²) in [5.74, 6) is -0.313. The van der Waals surface area contributed by atoms with Crippen molar-refractivity contribution in [2.24, 2.45) is 0 Å². The number of amides is 2. The molecule has 3 aliphatic heterocycles. The molecule has 0 aromatic heterocycles. The summed E-state index contributed by atoms with van der Waals surface area (Å²) in [6.45, 7) is 5.64. The van der Waals surface area contributed by atoms with Crippen molar-refractivity contribution in [2.45, 2.75) is 31.2 Å². The maximum atomic E-state index is 12.2. The lowest BCUT2D eigenvalue weighted by Gasteiger charge is -2.48. The number of piperidine rings is 1. The highest BCUT2D eigenvalue weighted by atomic mass is 16.7. The van der Waals surface area contributed by atoms with Gasteiger partial charge in [-0.25, -0.2) is 4.79 Å². The summed E-state index contributed by atoms with van der Waals surface area (Å²) in [7, 11) is 0. The molecule has 6 nitrogen and oxygen atoms in total. The minimum atomic E-state index is -0.313. The number of urea groups is 1. The van der Waals surface area contributed by atoms with Crippen LogP contribution in [-0.4, -0.2) is 67.1 Å². The van der Waals surface area contributed by atoms with Crippen LogP contribution in [0.25, 0.3) is 0 Å². The second-order valence-corrected chi connectivity index (χ2v) is 6.85. The Morgan fingerprint density at radius 3 is 2.46 bits per heavy atom. The number of nitrogens with zero attached hydrogens (tertiary/aromatic N) is 2. The van der Waals surface area contributed by atoms with Crippen molar-refractivity contribution in [3.63, 3.8) is 0 Å². The second-order valence-electron chi connectivity index (χ2n) is 6.85. The van der Waals surface area contributed by atoms with Gasteiger partial charge in [-0.05, 0) is 5.56 Å². The Balaban J connectivity index is 1.19. The van der Waals surface area contributed by atoms with Crippen LogP contribution in [0, 0.1) is 0 Å². The lowest BCUT2D eigenvalue weighted by molar-refractivity contribution is -0.190. The Morgan fingerprint density at radius 2 is 1.79 bits per heavy atom. The zero-order chi connectivity index (χ0) is 16.4. The number of hydrogen-bond donors (Lipinski definition) is 1. The third kappa shape index (κ3) is 3.27. The van der Waals surface area contributed by atoms with Crippen molar-refractivity contribution < 1.29 is 14.3 Å². The van der Waals surface area contributed by atoms with Gasteiger partial charge in [0.05, 0.1) is 13.2 Å². The van der Waals surface area contributed by atoms with Crippen LogP contribution in [0.2, 0.25) is 0 Å². The first kappa shape index (κ1) is 15.9. The molecule has 4 rings (SSSR count). The summed E-state index contributed by atoms with van der Waals surface area (Å²) < 4.78 is 11.5. The molecule has 1 aromatic rings. The predicted molar refractivity (Wildman–Crippen MR) is 89.5 cm³/mol. The highest BCUT2D eigenvalue weighted by molar-refractivity contribution is 5.75. The number of benzene rings is 1. The number of hydrogen-bond acceptors (Lipinski definition) is 4. The van der Waals surface area contributed by atoms with E-state index in [0.29, 0.717) is 12.6 Å². The average molecular weight is 331 g/mol. The predicted octanol–water partition coefficient (Wildman–Crippen LogP) is 1.42. The van der Waals surface area contributed by atoms with Crippen molar-refractivity contribution in [3.8, 4) is 0 Å². The number of carbonyl (C=O) groups excluding carboxylic acids is 1. The average Bonchev–Trinajstić information content (AvgIpc) is 3.03. The normalized spacial score (nSPS) is 24.1. The summed E-state index contributed by atoms with van der Waals surface area (Å²) in [4.78, 5) is 16.5. The molecule has 3 heterocycles. The summed E-state index contributed by atoms with van der Waals surface area (Å²) in [5.41, 5.74) is 1.13. The lowest BCUT2D eigenvalue weighted by Crippen LogP contribution is -2.64. The van der Waals surface area contributed by atoms with Crippen LogP contribution in [0.5, 0.6) is 0 Å². The summed E-state index contributed by atoms with van der Waals surface area (Å²) in [6, 6.07) is 10.5. The molecule has 3 saturated heterocycles. The van der Waals surface area contributed by atoms with Crippen molar-refractivity contribution in [3.05, 3.63) is 35.9 Å². The van der Waals surface area contributed by atoms with Crippen LogP contribution in [-0.2, 0) is 16.0 Å². The van der Waals surface area contributed by atoms with E-state index in [0.717, 1.165) is 57.8 Å². The van der Waals surface area contributed by atoms with Crippen molar-refractivity contribution in [2.75, 3.05) is 39.4 Å². The molecule has 0 aliphatic carbocycles. The standard InChI is InChI=1S/C18H25N3O3/c22-17(19-12-15-4-2-1-3-5-15)21-13-16(14-21)20-8-6-18(7-9-20)23-10-11-24-18/h1-5,16H,6-14H2,(H,19,22). The Hall–Kier alpha value is -1.63. The van der Waals surface area contributed by atoms with Crippen LogP contribution in [0.1, 0.15) is 18.4 Å². The molecule has 0 radical (unpaired) electrons. The molecule has 0 saturated carbocycles. The SMILES string of the molecule is O=C(NCc1ccccc1)N1CC(N2CCC3(CC2)OCCO3)C1. The maximum absolute atomic E-state index is 12.2. The van der Waals surface area contributed by atoms with Crippen molar-refractivity contribution in [1.82, 2.24) is 15.1 Å². The van der Waals surface area contributed by atoms with Gasteiger partial charge in [-0.3, -0.25) is 4.90 Å². The molecule has 6 heteroatoms. The van der Waals surface area contributed by atoms with Gasteiger partial charge in [0.25, 0.3) is 0 Å². The van der Waals surface area contributed by atoms with Crippen LogP contribution < -0.4 is 5.32 Å². The Morgan fingerprint density at radius 1 is 1.12 bits per heavy atom. The minimum absolute atomic E-state index is 0.0334. The van der Waals surface area contributed by atoms with Crippen LogP contribution in [0.3, 0.4) is 0 Å². The molecule has 24 heavy (non-hydrogen) atoms. The molecular weight excluding hydrogens is 306 g/mol. The zero-order valence-corrected chi connectivity index (χ0v) is 13.9. The van der Waals surface area contributed by atoms with E-state index in [1.807, 2.05) is 35.2 Å². The van der Waals surface area contributed by atoms with Gasteiger partial charge in [0, 0.05) is 51.6 Å². The number of nitrogens with one attached hydrogen (secondary N) is 1. The molecule has 130 valence electrons. The molecule has 0 unspecified atom stereocenters. The topological polar surface area (TPSA) is 54.0 Å². The van der Waals surface area contributed by atoms with Gasteiger partial charge < -0.3 is 19.7 Å². The first-order chi connectivity index (χ1) is 11.7. The van der Waals surface area contributed by atoms with Crippen LogP contribution >= 0.6 is 0 Å². The van der Waals surface area contributed by atoms with E-state index in [1.54, 1.807) is 0 Å². The lowest BCUT2D eigenvalue weighted by atomic mass is 9.99. The van der Waals surface area contributed by atoms with E-state index in [4.69, 9.17) is 9.47 Å². The van der Waals surface area contributed by atoms with Crippen LogP contribution in [0.15, 0.2) is 30.3 Å². The molecule has 3 fully saturated rings. The van der Waals surface area contributed by atoms with Gasteiger partial charge >= 0.3 is 6.03 Å². The third-order valence-electron chi connectivity index (χ3n) is 5.33. The van der Waals surface area contributed by atoms with Gasteiger partial charge in [-0.2, -0.15) is 0 Å². The number of likely N-dealkylation sites (tertiary alicyclic amines) is 2. The van der Waals surface area contributed by atoms with E-state index in [9.17, 15) is 4.79 Å². The molecule has 0 atom stereocenters. The fourth-order valence-electron chi connectivity index (χ4n) is 3.75. The Labute approximate surface area is 142 Å². The Kier molecular flexibility index (Phi) is 4.43. The minimum Gasteiger partial charge on any atom is -0.347 e. The summed E-state index contributed by atoms with van der Waals surface area (Å²) in [5, 5.41) is 2.99. The van der Waals surface area contributed by atoms with Gasteiger partial charge in [0.2, 0.25) is 0 Å². The van der Waals surface area contributed by atoms with Crippen molar-refractivity contribution >= 4 is 6.03 Å². The first-order valence-corrected chi connectivity index (χ1v) is 8.83. The highest BCUT2D eigenvalue weighted by Gasteiger charge is 2.43. The fraction of sp³-hybridized carbons (Fsp3) is 0.611. The molecular formula is C18H25N3O3. The highest BCUT2D eigenvalue weighted by Crippen LogP contribution is 2.33. The molecule has 1 N–H and O–H groups in total. The van der Waals surface area contributed by atoms with E-state index in [1.165, 1.54) is 0 Å². The smallest absolute Gasteiger partial charge is 0.317 e. The van der Waals surface area contributed by atoms with E-state index in [-0.39, 0.29) is 11.8 Å². The number of carbonyl (C=O) groups is 1. The Bertz CT molecular complexity index is 558. The summed E-state index contributed by atoms with van der Waals surface area (Å²) >= 11 is 0. The molecule has 0 bridgehead atoms. The zero-order valence-electron chi connectivity index (χ0n) is 13.9. The van der Waals surface area contributed by atoms with Gasteiger partial charge in [-0.15, -0.1) is 0 Å². The first-order valence-electron chi connectivity index (χ1n) is 8.83. The molecule has 1 spiro atoms. The van der Waals surface area contributed by atoms with E-state index < -0.39 is 0 Å². The van der Waals surface area contributed by atoms with Gasteiger partial charge in [0.15, 0.2) is 5.79 Å². The number of rotatable bonds is 3. The largest absolute Gasteiger partial charge is 0.347 e. The van der Waals surface area contributed by atoms with E-state index >= 15 is 0 Å².